The fourth-order valence-corrected chi connectivity index (χ4v) is 3.55. The van der Waals surface area contributed by atoms with Crippen molar-refractivity contribution in [2.45, 2.75) is 32.0 Å². The van der Waals surface area contributed by atoms with Crippen LogP contribution in [0.2, 0.25) is 0 Å². The van der Waals surface area contributed by atoms with Crippen molar-refractivity contribution < 1.29 is 37.2 Å². The average molecular weight is 496 g/mol. The summed E-state index contributed by atoms with van der Waals surface area (Å²) in [7, 11) is 1.34. The molecule has 1 saturated heterocycles. The third kappa shape index (κ3) is 6.37. The summed E-state index contributed by atoms with van der Waals surface area (Å²) in [6.07, 6.45) is -4.14. The van der Waals surface area contributed by atoms with E-state index in [9.17, 15) is 32.9 Å². The molecule has 1 aliphatic rings. The highest BCUT2D eigenvalue weighted by molar-refractivity contribution is 5.96. The second-order valence-electron chi connectivity index (χ2n) is 7.87. The number of amides is 1. The number of hydrogen-bond acceptors (Lipinski definition) is 8. The van der Waals surface area contributed by atoms with Gasteiger partial charge in [-0.1, -0.05) is 0 Å². The van der Waals surface area contributed by atoms with Gasteiger partial charge in [-0.2, -0.15) is 13.2 Å². The number of carbonyl (C=O) groups excluding carboxylic acids is 2. The number of ether oxygens (including phenoxy) is 2. The number of esters is 1. The van der Waals surface area contributed by atoms with Gasteiger partial charge < -0.3 is 19.7 Å². The summed E-state index contributed by atoms with van der Waals surface area (Å²) in [5.41, 5.74) is -1.03. The fourth-order valence-electron chi connectivity index (χ4n) is 3.55. The van der Waals surface area contributed by atoms with Gasteiger partial charge in [0, 0.05) is 31.4 Å². The third-order valence-corrected chi connectivity index (χ3v) is 5.54. The predicted molar refractivity (Wildman–Crippen MR) is 118 cm³/mol. The fraction of sp³-hybridized carbons (Fsp3) is 0.409. The molecule has 1 atom stereocenters. The van der Waals surface area contributed by atoms with E-state index in [1.54, 1.807) is 4.90 Å². The number of nitrogens with zero attached hydrogens (tertiary/aromatic N) is 3. The number of non-ortho nitro benzene ring substituents is 1. The number of anilines is 2. The minimum Gasteiger partial charge on any atom is -0.495 e. The second kappa shape index (κ2) is 10.6. The van der Waals surface area contributed by atoms with Crippen molar-refractivity contribution >= 4 is 29.1 Å². The van der Waals surface area contributed by atoms with Crippen molar-refractivity contribution in [3.8, 4) is 5.75 Å². The maximum atomic E-state index is 12.7. The molecule has 0 bridgehead atoms. The molecule has 0 aliphatic carbocycles. The van der Waals surface area contributed by atoms with Gasteiger partial charge in [0.15, 0.2) is 6.10 Å². The quantitative estimate of drug-likeness (QED) is 0.349. The number of aromatic nitrogens is 1. The lowest BCUT2D eigenvalue weighted by atomic mass is 9.97. The van der Waals surface area contributed by atoms with Crippen LogP contribution in [0.1, 0.15) is 25.3 Å². The zero-order valence-electron chi connectivity index (χ0n) is 18.9. The van der Waals surface area contributed by atoms with E-state index in [1.165, 1.54) is 32.2 Å². The Kier molecular flexibility index (Phi) is 7.77. The maximum Gasteiger partial charge on any atom is 0.417 e. The van der Waals surface area contributed by atoms with Gasteiger partial charge in [-0.3, -0.25) is 19.7 Å². The number of halogens is 3. The van der Waals surface area contributed by atoms with Crippen molar-refractivity contribution in [1.82, 2.24) is 4.98 Å². The van der Waals surface area contributed by atoms with Crippen LogP contribution in [0.5, 0.6) is 5.75 Å². The Bertz CT molecular complexity index is 1090. The first-order valence-corrected chi connectivity index (χ1v) is 10.6. The minimum atomic E-state index is -4.47. The first-order valence-electron chi connectivity index (χ1n) is 10.6. The van der Waals surface area contributed by atoms with Crippen LogP contribution < -0.4 is 15.0 Å². The monoisotopic (exact) mass is 496 g/mol. The normalized spacial score (nSPS) is 15.3. The van der Waals surface area contributed by atoms with Crippen molar-refractivity contribution in [2.24, 2.45) is 5.92 Å². The van der Waals surface area contributed by atoms with E-state index in [1.807, 2.05) is 0 Å². The average Bonchev–Trinajstić information content (AvgIpc) is 2.83. The van der Waals surface area contributed by atoms with E-state index in [4.69, 9.17) is 9.47 Å². The molecule has 1 amide bonds. The predicted octanol–water partition coefficient (Wildman–Crippen LogP) is 3.80. The van der Waals surface area contributed by atoms with Crippen LogP contribution in [0.3, 0.4) is 0 Å². The summed E-state index contributed by atoms with van der Waals surface area (Å²) in [6, 6.07) is 5.94. The van der Waals surface area contributed by atoms with E-state index in [0.717, 1.165) is 18.3 Å². The zero-order chi connectivity index (χ0) is 25.8. The zero-order valence-corrected chi connectivity index (χ0v) is 18.9. The summed E-state index contributed by atoms with van der Waals surface area (Å²) in [4.78, 5) is 41.1. The molecule has 2 aromatic rings. The molecule has 0 unspecified atom stereocenters. The number of pyridine rings is 1. The summed E-state index contributed by atoms with van der Waals surface area (Å²) in [5.74, 6) is -1.19. The van der Waals surface area contributed by atoms with Crippen molar-refractivity contribution in [1.29, 1.82) is 0 Å². The van der Waals surface area contributed by atoms with Crippen LogP contribution >= 0.6 is 0 Å². The number of nitro benzene ring substituents is 1. The van der Waals surface area contributed by atoms with Crippen LogP contribution in [-0.4, -0.2) is 48.1 Å². The Labute approximate surface area is 198 Å². The molecule has 35 heavy (non-hydrogen) atoms. The third-order valence-electron chi connectivity index (χ3n) is 5.54. The molecule has 3 rings (SSSR count). The molecule has 1 fully saturated rings. The highest BCUT2D eigenvalue weighted by Gasteiger charge is 2.32. The lowest BCUT2D eigenvalue weighted by Gasteiger charge is -2.32. The first kappa shape index (κ1) is 25.7. The number of alkyl halides is 3. The van der Waals surface area contributed by atoms with Gasteiger partial charge in [0.2, 0.25) is 0 Å². The number of carbonyl (C=O) groups is 2. The van der Waals surface area contributed by atoms with Gasteiger partial charge in [-0.15, -0.1) is 0 Å². The van der Waals surface area contributed by atoms with Gasteiger partial charge >= 0.3 is 12.1 Å². The summed E-state index contributed by atoms with van der Waals surface area (Å²) < 4.78 is 48.5. The van der Waals surface area contributed by atoms with Crippen LogP contribution in [0, 0.1) is 16.0 Å². The molecule has 10 nitrogen and oxygen atoms in total. The van der Waals surface area contributed by atoms with E-state index in [-0.39, 0.29) is 17.1 Å². The van der Waals surface area contributed by atoms with Crippen molar-refractivity contribution in [2.75, 3.05) is 30.4 Å². The van der Waals surface area contributed by atoms with Crippen molar-refractivity contribution in [3.05, 3.63) is 52.2 Å². The standard InChI is InChI=1S/C22H23F3N4O6/c1-13(20(30)27-17-11-16(29(32)33)4-5-18(17)34-2)35-21(31)14-7-9-28(10-8-14)19-6-3-15(12-26-19)22(23,24)25/h3-6,11-14H,7-10H2,1-2H3,(H,27,30)/t13-/m0/s1. The highest BCUT2D eigenvalue weighted by Crippen LogP contribution is 2.31. The van der Waals surface area contributed by atoms with Crippen LogP contribution in [-0.2, 0) is 20.5 Å². The van der Waals surface area contributed by atoms with Crippen LogP contribution in [0.4, 0.5) is 30.4 Å². The number of rotatable bonds is 7. The first-order chi connectivity index (χ1) is 16.5. The number of piperidine rings is 1. The smallest absolute Gasteiger partial charge is 0.417 e. The minimum absolute atomic E-state index is 0.0620. The van der Waals surface area contributed by atoms with E-state index < -0.39 is 40.6 Å². The molecule has 13 heteroatoms. The summed E-state index contributed by atoms with van der Waals surface area (Å²) in [6.45, 7) is 2.13. The Morgan fingerprint density at radius 3 is 2.46 bits per heavy atom. The molecule has 1 aromatic heterocycles. The molecule has 1 aliphatic heterocycles. The topological polar surface area (TPSA) is 124 Å². The molecular formula is C22H23F3N4O6. The summed E-state index contributed by atoms with van der Waals surface area (Å²) in [5, 5.41) is 13.5. The Balaban J connectivity index is 1.54. The number of hydrogen-bond donors (Lipinski definition) is 1. The van der Waals surface area contributed by atoms with Gasteiger partial charge in [0.1, 0.15) is 11.6 Å². The van der Waals surface area contributed by atoms with E-state index in [0.29, 0.717) is 31.7 Å². The molecule has 0 saturated carbocycles. The van der Waals surface area contributed by atoms with Crippen LogP contribution in [0.25, 0.3) is 0 Å². The largest absolute Gasteiger partial charge is 0.495 e. The lowest BCUT2D eigenvalue weighted by molar-refractivity contribution is -0.384. The Morgan fingerprint density at radius 2 is 1.91 bits per heavy atom. The molecule has 2 heterocycles. The van der Waals surface area contributed by atoms with Crippen molar-refractivity contribution in [3.63, 3.8) is 0 Å². The molecule has 0 radical (unpaired) electrons. The second-order valence-corrected chi connectivity index (χ2v) is 7.87. The number of nitrogens with one attached hydrogen (secondary N) is 1. The van der Waals surface area contributed by atoms with Gasteiger partial charge in [0.05, 0.1) is 29.2 Å². The molecule has 0 spiro atoms. The van der Waals surface area contributed by atoms with E-state index >= 15 is 0 Å². The van der Waals surface area contributed by atoms with Crippen LogP contribution in [0.15, 0.2) is 36.5 Å². The molecular weight excluding hydrogens is 473 g/mol. The highest BCUT2D eigenvalue weighted by atomic mass is 19.4. The summed E-state index contributed by atoms with van der Waals surface area (Å²) >= 11 is 0. The van der Waals surface area contributed by atoms with Gasteiger partial charge in [-0.25, -0.2) is 4.98 Å². The molecule has 1 aromatic carbocycles. The number of benzene rings is 1. The Hall–Kier alpha value is -3.90. The SMILES string of the molecule is COc1ccc([N+](=O)[O-])cc1NC(=O)[C@H](C)OC(=O)C1CCN(c2ccc(C(F)(F)F)cn2)CC1. The molecule has 1 N–H and O–H groups in total. The lowest BCUT2D eigenvalue weighted by Crippen LogP contribution is -2.39. The number of methoxy groups -OCH3 is 1. The Morgan fingerprint density at radius 1 is 1.23 bits per heavy atom. The van der Waals surface area contributed by atoms with Gasteiger partial charge in [0.25, 0.3) is 11.6 Å². The number of nitro groups is 1. The van der Waals surface area contributed by atoms with Gasteiger partial charge in [-0.05, 0) is 38.0 Å². The van der Waals surface area contributed by atoms with E-state index in [2.05, 4.69) is 10.3 Å². The molecule has 188 valence electrons. The maximum absolute atomic E-state index is 12.7.